The molecule has 0 bridgehead atoms. The molecule has 6 heteroatoms. The number of halogens is 3. The van der Waals surface area contributed by atoms with Gasteiger partial charge >= 0.3 is 6.18 Å². The van der Waals surface area contributed by atoms with E-state index in [0.29, 0.717) is 17.0 Å². The van der Waals surface area contributed by atoms with Crippen LogP contribution >= 0.6 is 0 Å². The molecule has 0 aliphatic heterocycles. The first-order chi connectivity index (χ1) is 10.8. The zero-order valence-electron chi connectivity index (χ0n) is 12.6. The van der Waals surface area contributed by atoms with Gasteiger partial charge in [0, 0.05) is 12.1 Å². The topological polar surface area (TPSA) is 41.5 Å². The van der Waals surface area contributed by atoms with Crippen LogP contribution < -0.4 is 10.1 Å². The van der Waals surface area contributed by atoms with E-state index in [1.165, 1.54) is 7.11 Å². The highest BCUT2D eigenvalue weighted by Gasteiger charge is 2.53. The molecule has 0 spiro atoms. The quantitative estimate of drug-likeness (QED) is 0.852. The molecule has 0 fully saturated rings. The van der Waals surface area contributed by atoms with E-state index in [0.717, 1.165) is 0 Å². The van der Waals surface area contributed by atoms with Crippen molar-refractivity contribution in [3.05, 3.63) is 60.2 Å². The van der Waals surface area contributed by atoms with E-state index in [1.54, 1.807) is 54.6 Å². The van der Waals surface area contributed by atoms with Crippen molar-refractivity contribution in [2.24, 2.45) is 0 Å². The van der Waals surface area contributed by atoms with E-state index in [2.05, 4.69) is 5.32 Å². The molecule has 3 nitrogen and oxygen atoms in total. The fourth-order valence-electron chi connectivity index (χ4n) is 2.15. The van der Waals surface area contributed by atoms with Crippen LogP contribution in [-0.4, -0.2) is 30.5 Å². The summed E-state index contributed by atoms with van der Waals surface area (Å²) in [6, 6.07) is 14.6. The maximum atomic E-state index is 13.3. The van der Waals surface area contributed by atoms with Crippen LogP contribution in [-0.2, 0) is 6.42 Å². The van der Waals surface area contributed by atoms with Crippen LogP contribution in [0.15, 0.2) is 54.6 Å². The number of hydrogen-bond acceptors (Lipinski definition) is 3. The first kappa shape index (κ1) is 17.1. The Morgan fingerprint density at radius 2 is 1.61 bits per heavy atom. The summed E-state index contributed by atoms with van der Waals surface area (Å²) in [5.74, 6) is 0.603. The Hall–Kier alpha value is -2.21. The molecular weight excluding hydrogens is 307 g/mol. The van der Waals surface area contributed by atoms with Gasteiger partial charge in [-0.1, -0.05) is 30.3 Å². The van der Waals surface area contributed by atoms with E-state index in [4.69, 9.17) is 4.74 Å². The second-order valence-electron chi connectivity index (χ2n) is 5.27. The van der Waals surface area contributed by atoms with Crippen molar-refractivity contribution in [1.82, 2.24) is 0 Å². The summed E-state index contributed by atoms with van der Waals surface area (Å²) in [5.41, 5.74) is -1.96. The lowest BCUT2D eigenvalue weighted by atomic mass is 9.93. The highest BCUT2D eigenvalue weighted by Crippen LogP contribution is 2.33. The second kappa shape index (κ2) is 6.91. The molecule has 0 heterocycles. The van der Waals surface area contributed by atoms with Crippen LogP contribution in [0.2, 0.25) is 0 Å². The summed E-state index contributed by atoms with van der Waals surface area (Å²) in [6.45, 7) is -0.641. The number of anilines is 1. The molecule has 0 aliphatic rings. The van der Waals surface area contributed by atoms with Crippen molar-refractivity contribution in [1.29, 1.82) is 0 Å². The van der Waals surface area contributed by atoms with Crippen molar-refractivity contribution in [2.45, 2.75) is 18.2 Å². The first-order valence-corrected chi connectivity index (χ1v) is 7.05. The predicted octanol–water partition coefficient (Wildman–Crippen LogP) is 3.64. The standard InChI is InChI=1S/C17H18F3NO2/c1-23-15-9-7-14(8-10-15)21-12-16(22,17(18,19)20)11-13-5-3-2-4-6-13/h2-10,21-22H,11-12H2,1H3. The smallest absolute Gasteiger partial charge is 0.419 e. The molecule has 0 saturated carbocycles. The number of nitrogens with one attached hydrogen (secondary N) is 1. The van der Waals surface area contributed by atoms with Gasteiger partial charge in [0.25, 0.3) is 0 Å². The lowest BCUT2D eigenvalue weighted by Gasteiger charge is -2.31. The van der Waals surface area contributed by atoms with Crippen LogP contribution in [0.25, 0.3) is 0 Å². The van der Waals surface area contributed by atoms with E-state index in [1.807, 2.05) is 0 Å². The second-order valence-corrected chi connectivity index (χ2v) is 5.27. The summed E-state index contributed by atoms with van der Waals surface area (Å²) >= 11 is 0. The third kappa shape index (κ3) is 4.39. The number of hydrogen-bond donors (Lipinski definition) is 2. The highest BCUT2D eigenvalue weighted by atomic mass is 19.4. The first-order valence-electron chi connectivity index (χ1n) is 7.05. The van der Waals surface area contributed by atoms with Crippen LogP contribution in [0.1, 0.15) is 5.56 Å². The summed E-state index contributed by atoms with van der Waals surface area (Å²) in [5, 5.41) is 12.8. The van der Waals surface area contributed by atoms with E-state index in [9.17, 15) is 18.3 Å². The van der Waals surface area contributed by atoms with Crippen molar-refractivity contribution < 1.29 is 23.0 Å². The normalized spacial score (nSPS) is 14.1. The van der Waals surface area contributed by atoms with Gasteiger partial charge in [-0.05, 0) is 29.8 Å². The van der Waals surface area contributed by atoms with Crippen LogP contribution in [0.3, 0.4) is 0 Å². The molecule has 0 amide bonds. The van der Waals surface area contributed by atoms with Crippen LogP contribution in [0.5, 0.6) is 5.75 Å². The number of benzene rings is 2. The molecule has 2 rings (SSSR count). The average molecular weight is 325 g/mol. The third-order valence-electron chi connectivity index (χ3n) is 3.54. The Morgan fingerprint density at radius 3 is 2.13 bits per heavy atom. The minimum atomic E-state index is -4.75. The SMILES string of the molecule is COc1ccc(NCC(O)(Cc2ccccc2)C(F)(F)F)cc1. The minimum Gasteiger partial charge on any atom is -0.497 e. The molecule has 2 aromatic rings. The van der Waals surface area contributed by atoms with Gasteiger partial charge in [-0.2, -0.15) is 13.2 Å². The molecule has 23 heavy (non-hydrogen) atoms. The molecule has 124 valence electrons. The number of methoxy groups -OCH3 is 1. The van der Waals surface area contributed by atoms with Gasteiger partial charge in [0.1, 0.15) is 5.75 Å². The zero-order valence-corrected chi connectivity index (χ0v) is 12.6. The van der Waals surface area contributed by atoms with Gasteiger partial charge in [0.15, 0.2) is 5.60 Å². The van der Waals surface area contributed by atoms with E-state index >= 15 is 0 Å². The lowest BCUT2D eigenvalue weighted by molar-refractivity contribution is -0.253. The van der Waals surface area contributed by atoms with Crippen LogP contribution in [0, 0.1) is 0 Å². The van der Waals surface area contributed by atoms with Gasteiger partial charge in [-0.3, -0.25) is 0 Å². The zero-order chi connectivity index (χ0) is 16.9. The van der Waals surface area contributed by atoms with E-state index in [-0.39, 0.29) is 0 Å². The molecule has 2 aromatic carbocycles. The third-order valence-corrected chi connectivity index (χ3v) is 3.54. The van der Waals surface area contributed by atoms with Gasteiger partial charge in [-0.25, -0.2) is 0 Å². The Morgan fingerprint density at radius 1 is 1.00 bits per heavy atom. The molecule has 0 aliphatic carbocycles. The Kier molecular flexibility index (Phi) is 5.15. The van der Waals surface area contributed by atoms with Crippen molar-refractivity contribution in [2.75, 3.05) is 19.0 Å². The van der Waals surface area contributed by atoms with Gasteiger partial charge in [0.05, 0.1) is 13.7 Å². The fourth-order valence-corrected chi connectivity index (χ4v) is 2.15. The monoisotopic (exact) mass is 325 g/mol. The fraction of sp³-hybridized carbons (Fsp3) is 0.294. The minimum absolute atomic E-state index is 0.420. The highest BCUT2D eigenvalue weighted by molar-refractivity contribution is 5.46. The summed E-state index contributed by atoms with van der Waals surface area (Å²) in [6.07, 6.45) is -5.26. The Labute approximate surface area is 132 Å². The largest absolute Gasteiger partial charge is 0.497 e. The molecule has 0 saturated heterocycles. The summed E-state index contributed by atoms with van der Waals surface area (Å²) in [7, 11) is 1.50. The van der Waals surface area contributed by atoms with Gasteiger partial charge in [-0.15, -0.1) is 0 Å². The maximum Gasteiger partial charge on any atom is 0.419 e. The molecule has 1 atom stereocenters. The average Bonchev–Trinajstić information content (AvgIpc) is 2.53. The van der Waals surface area contributed by atoms with Crippen molar-refractivity contribution in [3.8, 4) is 5.75 Å². The Bertz CT molecular complexity index is 614. The maximum absolute atomic E-state index is 13.3. The molecular formula is C17H18F3NO2. The van der Waals surface area contributed by atoms with Crippen molar-refractivity contribution >= 4 is 5.69 Å². The molecule has 1 unspecified atom stereocenters. The van der Waals surface area contributed by atoms with E-state index < -0.39 is 24.7 Å². The van der Waals surface area contributed by atoms with Gasteiger partial charge in [0.2, 0.25) is 0 Å². The number of aliphatic hydroxyl groups is 1. The summed E-state index contributed by atoms with van der Waals surface area (Å²) in [4.78, 5) is 0. The number of ether oxygens (including phenoxy) is 1. The van der Waals surface area contributed by atoms with Gasteiger partial charge < -0.3 is 15.2 Å². The number of rotatable bonds is 6. The molecule has 2 N–H and O–H groups in total. The molecule has 0 aromatic heterocycles. The summed E-state index contributed by atoms with van der Waals surface area (Å²) < 4.78 is 44.9. The van der Waals surface area contributed by atoms with Crippen molar-refractivity contribution in [3.63, 3.8) is 0 Å². The Balaban J connectivity index is 2.11. The lowest BCUT2D eigenvalue weighted by Crippen LogP contribution is -2.52. The predicted molar refractivity (Wildman–Crippen MR) is 82.6 cm³/mol. The number of alkyl halides is 3. The van der Waals surface area contributed by atoms with Crippen LogP contribution in [0.4, 0.5) is 18.9 Å². The molecule has 0 radical (unpaired) electrons.